The summed E-state index contributed by atoms with van der Waals surface area (Å²) in [6, 6.07) is 8.19. The van der Waals surface area contributed by atoms with E-state index in [4.69, 9.17) is 0 Å². The number of sulfonamides is 1. The minimum Gasteiger partial charge on any atom is -0.342 e. The quantitative estimate of drug-likeness (QED) is 0.751. The number of nitrogens with zero attached hydrogens (tertiary/aromatic N) is 1. The summed E-state index contributed by atoms with van der Waals surface area (Å²) in [6.07, 6.45) is 2.33. The summed E-state index contributed by atoms with van der Waals surface area (Å²) in [5, 5.41) is 3.15. The van der Waals surface area contributed by atoms with Crippen LogP contribution in [0.4, 0.5) is 0 Å². The molecule has 1 fully saturated rings. The Morgan fingerprint density at radius 2 is 2.00 bits per heavy atom. The molecule has 0 aromatic heterocycles. The Labute approximate surface area is 150 Å². The molecule has 1 aliphatic rings. The lowest BCUT2D eigenvalue weighted by Gasteiger charge is -2.32. The molecule has 6 nitrogen and oxygen atoms in total. The van der Waals surface area contributed by atoms with E-state index in [2.05, 4.69) is 10.0 Å². The molecule has 8 heteroatoms. The number of hydrogen-bond acceptors (Lipinski definition) is 4. The topological polar surface area (TPSA) is 78.5 Å². The Bertz CT molecular complexity index is 608. The van der Waals surface area contributed by atoms with Gasteiger partial charge in [-0.25, -0.2) is 13.1 Å². The molecule has 1 heterocycles. The summed E-state index contributed by atoms with van der Waals surface area (Å²) in [7, 11) is -1.62. The van der Waals surface area contributed by atoms with Crippen LogP contribution in [0, 0.1) is 5.92 Å². The van der Waals surface area contributed by atoms with Crippen LogP contribution in [0.1, 0.15) is 19.3 Å². The van der Waals surface area contributed by atoms with Crippen molar-refractivity contribution < 1.29 is 13.2 Å². The lowest BCUT2D eigenvalue weighted by atomic mass is 9.98. The smallest absolute Gasteiger partial charge is 0.240 e. The molecule has 0 radical (unpaired) electrons. The van der Waals surface area contributed by atoms with Crippen molar-refractivity contribution >= 4 is 28.3 Å². The third-order valence-electron chi connectivity index (χ3n) is 4.05. The standard InChI is InChI=1S/C16H25N3O3S.ClH/c1-17-12-14-6-5-11-19(13-14)16(20)9-10-18-23(21,22)15-7-3-2-4-8-15;/h2-4,7-8,14,17-18H,5-6,9-13H2,1H3;1H. The van der Waals surface area contributed by atoms with E-state index in [0.717, 1.165) is 32.5 Å². The molecule has 0 saturated carbocycles. The van der Waals surface area contributed by atoms with Crippen molar-refractivity contribution in [2.24, 2.45) is 5.92 Å². The first-order valence-electron chi connectivity index (χ1n) is 8.00. The van der Waals surface area contributed by atoms with Crippen LogP contribution in [0.15, 0.2) is 35.2 Å². The zero-order valence-electron chi connectivity index (χ0n) is 13.9. The van der Waals surface area contributed by atoms with Gasteiger partial charge in [0.05, 0.1) is 4.90 Å². The molecule has 1 unspecified atom stereocenters. The summed E-state index contributed by atoms with van der Waals surface area (Å²) < 4.78 is 26.7. The number of halogens is 1. The number of piperidine rings is 1. The van der Waals surface area contributed by atoms with Crippen LogP contribution in [0.25, 0.3) is 0 Å². The second-order valence-corrected chi connectivity index (χ2v) is 7.63. The molecule has 2 rings (SSSR count). The summed E-state index contributed by atoms with van der Waals surface area (Å²) in [6.45, 7) is 2.56. The highest BCUT2D eigenvalue weighted by atomic mass is 35.5. The Hall–Kier alpha value is -1.15. The van der Waals surface area contributed by atoms with Gasteiger partial charge in [0.2, 0.25) is 15.9 Å². The van der Waals surface area contributed by atoms with Gasteiger partial charge < -0.3 is 10.2 Å². The maximum absolute atomic E-state index is 12.2. The van der Waals surface area contributed by atoms with Gasteiger partial charge in [-0.15, -0.1) is 12.4 Å². The van der Waals surface area contributed by atoms with Crippen molar-refractivity contribution in [3.8, 4) is 0 Å². The van der Waals surface area contributed by atoms with Gasteiger partial charge in [0.15, 0.2) is 0 Å². The van der Waals surface area contributed by atoms with Crippen molar-refractivity contribution in [3.63, 3.8) is 0 Å². The van der Waals surface area contributed by atoms with E-state index in [1.54, 1.807) is 18.2 Å². The zero-order chi connectivity index (χ0) is 16.7. The number of likely N-dealkylation sites (tertiary alicyclic amines) is 1. The Kier molecular flexibility index (Phi) is 8.69. The van der Waals surface area contributed by atoms with Crippen molar-refractivity contribution in [1.29, 1.82) is 0 Å². The number of rotatable bonds is 7. The molecule has 2 N–H and O–H groups in total. The third kappa shape index (κ3) is 6.05. The van der Waals surface area contributed by atoms with Crippen LogP contribution in [0.2, 0.25) is 0 Å². The Morgan fingerprint density at radius 1 is 1.29 bits per heavy atom. The summed E-state index contributed by atoms with van der Waals surface area (Å²) in [5.74, 6) is 0.500. The van der Waals surface area contributed by atoms with E-state index in [0.29, 0.717) is 5.92 Å². The molecule has 0 spiro atoms. The first kappa shape index (κ1) is 20.9. The highest BCUT2D eigenvalue weighted by Crippen LogP contribution is 2.16. The van der Waals surface area contributed by atoms with Crippen molar-refractivity contribution in [3.05, 3.63) is 30.3 Å². The molecule has 24 heavy (non-hydrogen) atoms. The normalized spacial score (nSPS) is 18.0. The predicted molar refractivity (Wildman–Crippen MR) is 96.7 cm³/mol. The number of nitrogens with one attached hydrogen (secondary N) is 2. The lowest BCUT2D eigenvalue weighted by Crippen LogP contribution is -2.43. The average molecular weight is 376 g/mol. The second-order valence-electron chi connectivity index (χ2n) is 5.87. The van der Waals surface area contributed by atoms with Crippen LogP contribution in [0.3, 0.4) is 0 Å². The largest absolute Gasteiger partial charge is 0.342 e. The molecule has 1 atom stereocenters. The number of benzene rings is 1. The molecule has 1 aromatic rings. The molecule has 1 aromatic carbocycles. The van der Waals surface area contributed by atoms with Crippen LogP contribution >= 0.6 is 12.4 Å². The van der Waals surface area contributed by atoms with Crippen LogP contribution in [-0.4, -0.2) is 52.5 Å². The van der Waals surface area contributed by atoms with Gasteiger partial charge in [0.1, 0.15) is 0 Å². The fourth-order valence-corrected chi connectivity index (χ4v) is 3.93. The minimum absolute atomic E-state index is 0. The molecule has 1 amide bonds. The molecule has 1 aliphatic heterocycles. The van der Waals surface area contributed by atoms with E-state index < -0.39 is 10.0 Å². The van der Waals surface area contributed by atoms with Gasteiger partial charge in [-0.2, -0.15) is 0 Å². The molecule has 136 valence electrons. The van der Waals surface area contributed by atoms with Gasteiger partial charge in [-0.05, 0) is 44.5 Å². The summed E-state index contributed by atoms with van der Waals surface area (Å²) >= 11 is 0. The van der Waals surface area contributed by atoms with E-state index in [9.17, 15) is 13.2 Å². The van der Waals surface area contributed by atoms with Gasteiger partial charge in [0, 0.05) is 26.1 Å². The number of hydrogen-bond donors (Lipinski definition) is 2. The molecule has 1 saturated heterocycles. The Morgan fingerprint density at radius 3 is 2.67 bits per heavy atom. The average Bonchev–Trinajstić information content (AvgIpc) is 2.56. The van der Waals surface area contributed by atoms with Gasteiger partial charge in [0.25, 0.3) is 0 Å². The zero-order valence-corrected chi connectivity index (χ0v) is 15.5. The first-order valence-corrected chi connectivity index (χ1v) is 9.48. The molecular weight excluding hydrogens is 350 g/mol. The minimum atomic E-state index is -3.54. The van der Waals surface area contributed by atoms with Crippen LogP contribution in [0.5, 0.6) is 0 Å². The predicted octanol–water partition coefficient (Wildman–Crippen LogP) is 1.23. The van der Waals surface area contributed by atoms with Crippen molar-refractivity contribution in [2.45, 2.75) is 24.2 Å². The van der Waals surface area contributed by atoms with Crippen molar-refractivity contribution in [2.75, 3.05) is 33.2 Å². The van der Waals surface area contributed by atoms with Gasteiger partial charge in [-0.1, -0.05) is 18.2 Å². The van der Waals surface area contributed by atoms with E-state index in [1.807, 2.05) is 11.9 Å². The SMILES string of the molecule is CNCC1CCCN(C(=O)CCNS(=O)(=O)c2ccccc2)C1.Cl. The molecule has 0 aliphatic carbocycles. The fourth-order valence-electron chi connectivity index (χ4n) is 2.88. The van der Waals surface area contributed by atoms with Crippen molar-refractivity contribution in [1.82, 2.24) is 14.9 Å². The van der Waals surface area contributed by atoms with Gasteiger partial charge >= 0.3 is 0 Å². The summed E-state index contributed by atoms with van der Waals surface area (Å²) in [4.78, 5) is 14.3. The van der Waals surface area contributed by atoms with E-state index in [1.165, 1.54) is 12.1 Å². The van der Waals surface area contributed by atoms with Crippen LogP contribution in [-0.2, 0) is 14.8 Å². The van der Waals surface area contributed by atoms with Gasteiger partial charge in [-0.3, -0.25) is 4.79 Å². The fraction of sp³-hybridized carbons (Fsp3) is 0.562. The number of amides is 1. The van der Waals surface area contributed by atoms with E-state index in [-0.39, 0.29) is 36.2 Å². The monoisotopic (exact) mass is 375 g/mol. The first-order chi connectivity index (χ1) is 11.0. The highest BCUT2D eigenvalue weighted by molar-refractivity contribution is 7.89. The van der Waals surface area contributed by atoms with E-state index >= 15 is 0 Å². The highest BCUT2D eigenvalue weighted by Gasteiger charge is 2.23. The Balaban J connectivity index is 0.00000288. The maximum Gasteiger partial charge on any atom is 0.240 e. The number of carbonyl (C=O) groups is 1. The summed E-state index contributed by atoms with van der Waals surface area (Å²) in [5.41, 5.74) is 0. The van der Waals surface area contributed by atoms with Crippen LogP contribution < -0.4 is 10.0 Å². The third-order valence-corrected chi connectivity index (χ3v) is 5.53. The number of carbonyl (C=O) groups excluding carboxylic acids is 1. The molecule has 0 bridgehead atoms. The maximum atomic E-state index is 12.2. The lowest BCUT2D eigenvalue weighted by molar-refractivity contribution is -0.132. The second kappa shape index (κ2) is 9.98. The molecular formula is C16H26ClN3O3S.